The molecular weight excluding hydrogens is 394 g/mol. The average molecular weight is 420 g/mol. The highest BCUT2D eigenvalue weighted by molar-refractivity contribution is 7.93. The molecule has 1 heterocycles. The number of benzene rings is 3. The molecule has 4 rings (SSSR count). The third kappa shape index (κ3) is 2.96. The minimum Gasteiger partial charge on any atom is -0.301 e. The topological polar surface area (TPSA) is 54.5 Å². The van der Waals surface area contributed by atoms with Crippen LogP contribution in [0, 0.1) is 20.8 Å². The number of rotatable bonds is 4. The van der Waals surface area contributed by atoms with E-state index < -0.39 is 26.5 Å². The van der Waals surface area contributed by atoms with Crippen molar-refractivity contribution in [2.24, 2.45) is 0 Å². The first-order valence-electron chi connectivity index (χ1n) is 9.94. The van der Waals surface area contributed by atoms with Crippen molar-refractivity contribution < 1.29 is 13.2 Å². The van der Waals surface area contributed by atoms with Crippen LogP contribution in [0.1, 0.15) is 35.2 Å². The Morgan fingerprint density at radius 2 is 1.17 bits per heavy atom. The molecule has 0 aliphatic carbocycles. The Hall–Kier alpha value is -2.92. The Bertz CT molecular complexity index is 1200. The summed E-state index contributed by atoms with van der Waals surface area (Å²) in [5.74, 6) is -0.405. The number of sulfone groups is 1. The van der Waals surface area contributed by atoms with E-state index in [1.54, 1.807) is 36.1 Å². The van der Waals surface area contributed by atoms with Crippen LogP contribution in [0.25, 0.3) is 0 Å². The van der Waals surface area contributed by atoms with Crippen LogP contribution in [0.2, 0.25) is 0 Å². The number of hydrogen-bond acceptors (Lipinski definition) is 3. The second kappa shape index (κ2) is 7.10. The number of nitrogens with zero attached hydrogens (tertiary/aromatic N) is 1. The molecule has 3 aromatic rings. The van der Waals surface area contributed by atoms with Gasteiger partial charge in [-0.2, -0.15) is 0 Å². The van der Waals surface area contributed by atoms with Crippen LogP contribution in [0.4, 0.5) is 5.69 Å². The van der Waals surface area contributed by atoms with Gasteiger partial charge in [-0.1, -0.05) is 65.2 Å². The zero-order valence-electron chi connectivity index (χ0n) is 17.6. The SMILES string of the molecule is Cc1ccc([C@@H]2N(c3ccc(C)cc3)C(=O)[C@]2(C)S(=O)(=O)c2ccc(C)cc2)cc1. The fourth-order valence-electron chi connectivity index (χ4n) is 4.07. The Balaban J connectivity index is 1.87. The molecule has 0 N–H and O–H groups in total. The van der Waals surface area contributed by atoms with Gasteiger partial charge in [0, 0.05) is 5.69 Å². The second-order valence-corrected chi connectivity index (χ2v) is 10.6. The molecule has 0 radical (unpaired) electrons. The number of β-lactam (4-membered cyclic amide) rings is 1. The van der Waals surface area contributed by atoms with E-state index in [4.69, 9.17) is 0 Å². The lowest BCUT2D eigenvalue weighted by molar-refractivity contribution is -0.127. The van der Waals surface area contributed by atoms with Crippen LogP contribution in [-0.4, -0.2) is 19.1 Å². The molecule has 1 fully saturated rings. The third-order valence-corrected chi connectivity index (χ3v) is 8.43. The van der Waals surface area contributed by atoms with Gasteiger partial charge in [0.25, 0.3) is 5.91 Å². The van der Waals surface area contributed by atoms with Gasteiger partial charge in [0.05, 0.1) is 10.9 Å². The highest BCUT2D eigenvalue weighted by atomic mass is 32.2. The summed E-state index contributed by atoms with van der Waals surface area (Å²) in [7, 11) is -3.92. The first-order chi connectivity index (χ1) is 14.2. The van der Waals surface area contributed by atoms with Gasteiger partial charge in [-0.15, -0.1) is 0 Å². The molecule has 0 spiro atoms. The highest BCUT2D eigenvalue weighted by Gasteiger charge is 2.66. The number of carbonyl (C=O) groups excluding carboxylic acids is 1. The van der Waals surface area contributed by atoms with E-state index in [2.05, 4.69) is 0 Å². The number of hydrogen-bond donors (Lipinski definition) is 0. The first kappa shape index (κ1) is 20.4. The molecule has 0 bridgehead atoms. The lowest BCUT2D eigenvalue weighted by atomic mass is 9.82. The fourth-order valence-corrected chi connectivity index (χ4v) is 5.91. The summed E-state index contributed by atoms with van der Waals surface area (Å²) in [5.41, 5.74) is 4.63. The highest BCUT2D eigenvalue weighted by Crippen LogP contribution is 2.52. The summed E-state index contributed by atoms with van der Waals surface area (Å²) in [6.45, 7) is 7.42. The van der Waals surface area contributed by atoms with Gasteiger partial charge in [-0.25, -0.2) is 8.42 Å². The first-order valence-corrected chi connectivity index (χ1v) is 11.4. The lowest BCUT2D eigenvalue weighted by Crippen LogP contribution is -2.70. The molecule has 1 saturated heterocycles. The molecule has 154 valence electrons. The van der Waals surface area contributed by atoms with Crippen molar-refractivity contribution >= 4 is 21.4 Å². The Morgan fingerprint density at radius 3 is 1.67 bits per heavy atom. The van der Waals surface area contributed by atoms with Gasteiger partial charge in [-0.05, 0) is 57.5 Å². The van der Waals surface area contributed by atoms with Gasteiger partial charge in [0.2, 0.25) is 0 Å². The van der Waals surface area contributed by atoms with Crippen molar-refractivity contribution in [1.82, 2.24) is 0 Å². The van der Waals surface area contributed by atoms with Crippen molar-refractivity contribution in [1.29, 1.82) is 0 Å². The average Bonchev–Trinajstić information content (AvgIpc) is 2.73. The molecular formula is C25H25NO3S. The Labute approximate surface area is 178 Å². The maximum atomic E-state index is 13.7. The summed E-state index contributed by atoms with van der Waals surface area (Å²) in [6.07, 6.45) is 0. The molecule has 0 unspecified atom stereocenters. The number of amides is 1. The molecule has 0 aromatic heterocycles. The van der Waals surface area contributed by atoms with Gasteiger partial charge < -0.3 is 4.90 Å². The number of anilines is 1. The maximum Gasteiger partial charge on any atom is 0.251 e. The van der Waals surface area contributed by atoms with Gasteiger partial charge in [0.1, 0.15) is 0 Å². The molecule has 5 heteroatoms. The van der Waals surface area contributed by atoms with E-state index >= 15 is 0 Å². The summed E-state index contributed by atoms with van der Waals surface area (Å²) < 4.78 is 25.8. The van der Waals surface area contributed by atoms with Crippen LogP contribution in [0.3, 0.4) is 0 Å². The molecule has 0 saturated carbocycles. The van der Waals surface area contributed by atoms with Crippen LogP contribution >= 0.6 is 0 Å². The molecule has 30 heavy (non-hydrogen) atoms. The van der Waals surface area contributed by atoms with Crippen molar-refractivity contribution in [3.8, 4) is 0 Å². The van der Waals surface area contributed by atoms with E-state index in [1.165, 1.54) is 0 Å². The second-order valence-electron chi connectivity index (χ2n) is 8.25. The maximum absolute atomic E-state index is 13.7. The van der Waals surface area contributed by atoms with Crippen LogP contribution in [0.15, 0.2) is 77.7 Å². The van der Waals surface area contributed by atoms with Crippen LogP contribution < -0.4 is 4.90 Å². The fraction of sp³-hybridized carbons (Fsp3) is 0.240. The summed E-state index contributed by atoms with van der Waals surface area (Å²) >= 11 is 0. The van der Waals surface area contributed by atoms with E-state index in [9.17, 15) is 13.2 Å². The van der Waals surface area contributed by atoms with Crippen molar-refractivity contribution in [2.45, 2.75) is 43.4 Å². The lowest BCUT2D eigenvalue weighted by Gasteiger charge is -2.53. The molecule has 3 aromatic carbocycles. The Kier molecular flexibility index (Phi) is 4.82. The van der Waals surface area contributed by atoms with E-state index in [-0.39, 0.29) is 4.90 Å². The predicted molar refractivity (Wildman–Crippen MR) is 119 cm³/mol. The van der Waals surface area contributed by atoms with Crippen molar-refractivity contribution in [3.05, 3.63) is 95.1 Å². The normalized spacial score (nSPS) is 21.4. The van der Waals surface area contributed by atoms with Crippen molar-refractivity contribution in [2.75, 3.05) is 4.90 Å². The smallest absolute Gasteiger partial charge is 0.251 e. The minimum absolute atomic E-state index is 0.171. The molecule has 2 atom stereocenters. The van der Waals surface area contributed by atoms with Gasteiger partial charge in [-0.3, -0.25) is 4.79 Å². The zero-order chi connectivity index (χ0) is 21.7. The summed E-state index contributed by atoms with van der Waals surface area (Å²) in [4.78, 5) is 15.2. The van der Waals surface area contributed by atoms with Crippen LogP contribution in [0.5, 0.6) is 0 Å². The minimum atomic E-state index is -3.92. The quantitative estimate of drug-likeness (QED) is 0.563. The van der Waals surface area contributed by atoms with Crippen LogP contribution in [-0.2, 0) is 14.6 Å². The standard InChI is InChI=1S/C25H25NO3S/c1-17-5-11-20(12-6-17)23-25(4,30(28,29)22-15-9-19(3)10-16-22)24(27)26(23)21-13-7-18(2)8-14-21/h5-16,23H,1-4H3/t23-,25+/m0/s1. The van der Waals surface area contributed by atoms with Crippen molar-refractivity contribution in [3.63, 3.8) is 0 Å². The molecule has 4 nitrogen and oxygen atoms in total. The predicted octanol–water partition coefficient (Wildman–Crippen LogP) is 4.93. The van der Waals surface area contributed by atoms with E-state index in [1.807, 2.05) is 69.3 Å². The number of carbonyl (C=O) groups is 1. The molecule has 1 aliphatic rings. The molecule has 1 amide bonds. The summed E-state index contributed by atoms with van der Waals surface area (Å²) in [5, 5.41) is 0. The van der Waals surface area contributed by atoms with Gasteiger partial charge in [0.15, 0.2) is 14.6 Å². The van der Waals surface area contributed by atoms with E-state index in [0.29, 0.717) is 5.69 Å². The monoisotopic (exact) mass is 419 g/mol. The Morgan fingerprint density at radius 1 is 0.733 bits per heavy atom. The summed E-state index contributed by atoms with van der Waals surface area (Å²) in [6, 6.07) is 21.4. The van der Waals surface area contributed by atoms with Gasteiger partial charge >= 0.3 is 0 Å². The van der Waals surface area contributed by atoms with E-state index in [0.717, 1.165) is 22.3 Å². The third-order valence-electron chi connectivity index (χ3n) is 6.02. The number of aryl methyl sites for hydroxylation is 3. The largest absolute Gasteiger partial charge is 0.301 e. The zero-order valence-corrected chi connectivity index (χ0v) is 18.4. The molecule has 1 aliphatic heterocycles.